The van der Waals surface area contributed by atoms with E-state index in [1.165, 1.54) is 17.4 Å². The molecule has 0 spiro atoms. The predicted molar refractivity (Wildman–Crippen MR) is 66.8 cm³/mol. The standard InChI is InChI=1S/C9H5F2IS2/c10-9(11)5-3-6(12)4-1-2-14-8(4)7(5)13/h1-3,9,13H. The maximum atomic E-state index is 12.6. The minimum atomic E-state index is -2.46. The second kappa shape index (κ2) is 3.94. The van der Waals surface area contributed by atoms with Crippen molar-refractivity contribution >= 4 is 56.6 Å². The average Bonchev–Trinajstić information content (AvgIpc) is 2.59. The minimum absolute atomic E-state index is 0.0210. The number of benzene rings is 1. The Morgan fingerprint density at radius 3 is 2.79 bits per heavy atom. The highest BCUT2D eigenvalue weighted by molar-refractivity contribution is 14.1. The zero-order valence-corrected chi connectivity index (χ0v) is 10.7. The summed E-state index contributed by atoms with van der Waals surface area (Å²) in [7, 11) is 0. The van der Waals surface area contributed by atoms with Crippen LogP contribution in [0, 0.1) is 3.57 Å². The number of hydrogen-bond acceptors (Lipinski definition) is 2. The van der Waals surface area contributed by atoms with Crippen molar-refractivity contribution in [3.63, 3.8) is 0 Å². The Labute approximate surface area is 103 Å². The topological polar surface area (TPSA) is 0 Å². The molecule has 0 nitrogen and oxygen atoms in total. The molecule has 1 heterocycles. The molecule has 0 bridgehead atoms. The third-order valence-corrected chi connectivity index (χ3v) is 4.39. The second-order valence-corrected chi connectivity index (χ2v) is 5.29. The van der Waals surface area contributed by atoms with E-state index in [-0.39, 0.29) is 5.56 Å². The van der Waals surface area contributed by atoms with Crippen LogP contribution in [0.3, 0.4) is 0 Å². The van der Waals surface area contributed by atoms with Crippen LogP contribution in [0.5, 0.6) is 0 Å². The van der Waals surface area contributed by atoms with Gasteiger partial charge in [-0.2, -0.15) is 0 Å². The van der Waals surface area contributed by atoms with Gasteiger partial charge in [0.25, 0.3) is 6.43 Å². The molecule has 0 radical (unpaired) electrons. The summed E-state index contributed by atoms with van der Waals surface area (Å²) in [6.07, 6.45) is -2.46. The Morgan fingerprint density at radius 1 is 1.43 bits per heavy atom. The van der Waals surface area contributed by atoms with Crippen molar-refractivity contribution in [2.75, 3.05) is 0 Å². The van der Waals surface area contributed by atoms with Gasteiger partial charge in [0.05, 0.1) is 0 Å². The highest BCUT2D eigenvalue weighted by Gasteiger charge is 2.16. The van der Waals surface area contributed by atoms with Gasteiger partial charge >= 0.3 is 0 Å². The molecule has 1 aromatic carbocycles. The first-order valence-electron chi connectivity index (χ1n) is 3.78. The van der Waals surface area contributed by atoms with Crippen LogP contribution in [0.2, 0.25) is 0 Å². The van der Waals surface area contributed by atoms with Crippen molar-refractivity contribution in [3.05, 3.63) is 26.6 Å². The first kappa shape index (κ1) is 10.6. The fourth-order valence-electron chi connectivity index (χ4n) is 1.26. The summed E-state index contributed by atoms with van der Waals surface area (Å²) in [5.74, 6) is 0. The molecule has 2 rings (SSSR count). The van der Waals surface area contributed by atoms with Crippen LogP contribution in [0.15, 0.2) is 22.4 Å². The number of thiol groups is 1. The fourth-order valence-corrected chi connectivity index (χ4v) is 3.54. The van der Waals surface area contributed by atoms with Gasteiger partial charge in [0, 0.05) is 24.1 Å². The lowest BCUT2D eigenvalue weighted by Gasteiger charge is -2.06. The van der Waals surface area contributed by atoms with Crippen molar-refractivity contribution in [1.82, 2.24) is 0 Å². The van der Waals surface area contributed by atoms with Gasteiger partial charge < -0.3 is 0 Å². The Bertz CT molecular complexity index is 479. The van der Waals surface area contributed by atoms with Gasteiger partial charge in [0.15, 0.2) is 0 Å². The quantitative estimate of drug-likeness (QED) is 0.562. The van der Waals surface area contributed by atoms with Crippen LogP contribution in [-0.4, -0.2) is 0 Å². The Kier molecular flexibility index (Phi) is 2.99. The van der Waals surface area contributed by atoms with Gasteiger partial charge in [-0.05, 0) is 40.1 Å². The molecule has 0 fully saturated rings. The molecule has 0 atom stereocenters. The molecule has 0 unspecified atom stereocenters. The van der Waals surface area contributed by atoms with Gasteiger partial charge in [0.1, 0.15) is 0 Å². The van der Waals surface area contributed by atoms with Gasteiger partial charge in [-0.25, -0.2) is 8.78 Å². The van der Waals surface area contributed by atoms with Crippen LogP contribution in [-0.2, 0) is 0 Å². The maximum absolute atomic E-state index is 12.6. The van der Waals surface area contributed by atoms with Crippen molar-refractivity contribution in [2.45, 2.75) is 11.3 Å². The van der Waals surface area contributed by atoms with Gasteiger partial charge in [-0.15, -0.1) is 24.0 Å². The monoisotopic (exact) mass is 342 g/mol. The molecule has 74 valence electrons. The smallest absolute Gasteiger partial charge is 0.205 e. The van der Waals surface area contributed by atoms with Crippen LogP contribution in [0.4, 0.5) is 8.78 Å². The summed E-state index contributed by atoms with van der Waals surface area (Å²) in [6.45, 7) is 0. The van der Waals surface area contributed by atoms with E-state index in [4.69, 9.17) is 0 Å². The van der Waals surface area contributed by atoms with E-state index < -0.39 is 6.43 Å². The molecule has 0 N–H and O–H groups in total. The molecule has 0 aliphatic rings. The first-order chi connectivity index (χ1) is 6.61. The molecular weight excluding hydrogens is 337 g/mol. The maximum Gasteiger partial charge on any atom is 0.265 e. The number of rotatable bonds is 1. The Hall–Kier alpha value is 0.120. The number of halogens is 3. The summed E-state index contributed by atoms with van der Waals surface area (Å²) in [4.78, 5) is 0.408. The molecular formula is C9H5F2IS2. The molecule has 1 aromatic heterocycles. The zero-order valence-electron chi connectivity index (χ0n) is 6.80. The minimum Gasteiger partial charge on any atom is -0.205 e. The molecule has 0 saturated heterocycles. The summed E-state index contributed by atoms with van der Waals surface area (Å²) < 4.78 is 26.9. The number of hydrogen-bond donors (Lipinski definition) is 1. The van der Waals surface area contributed by atoms with E-state index in [1.807, 2.05) is 11.4 Å². The lowest BCUT2D eigenvalue weighted by atomic mass is 10.2. The lowest BCUT2D eigenvalue weighted by molar-refractivity contribution is 0.148. The molecule has 5 heteroatoms. The highest BCUT2D eigenvalue weighted by atomic mass is 127. The number of thiophene rings is 1. The second-order valence-electron chi connectivity index (χ2n) is 2.76. The van der Waals surface area contributed by atoms with E-state index in [9.17, 15) is 8.78 Å². The molecule has 0 saturated carbocycles. The molecule has 0 aliphatic heterocycles. The van der Waals surface area contributed by atoms with E-state index >= 15 is 0 Å². The molecule has 14 heavy (non-hydrogen) atoms. The van der Waals surface area contributed by atoms with Gasteiger partial charge in [0.2, 0.25) is 0 Å². The van der Waals surface area contributed by atoms with E-state index in [0.29, 0.717) is 4.90 Å². The number of fused-ring (bicyclic) bond motifs is 1. The van der Waals surface area contributed by atoms with Gasteiger partial charge in [-0.1, -0.05) is 0 Å². The Balaban J connectivity index is 2.82. The van der Waals surface area contributed by atoms with Crippen molar-refractivity contribution in [3.8, 4) is 0 Å². The fraction of sp³-hybridized carbons (Fsp3) is 0.111. The summed E-state index contributed by atoms with van der Waals surface area (Å²) in [6, 6.07) is 3.43. The van der Waals surface area contributed by atoms with Crippen LogP contribution in [0.25, 0.3) is 10.1 Å². The normalized spacial score (nSPS) is 11.5. The average molecular weight is 342 g/mol. The van der Waals surface area contributed by atoms with E-state index in [0.717, 1.165) is 13.7 Å². The van der Waals surface area contributed by atoms with E-state index in [1.54, 1.807) is 0 Å². The SMILES string of the molecule is FC(F)c1cc(I)c2ccsc2c1S. The van der Waals surface area contributed by atoms with Crippen molar-refractivity contribution in [2.24, 2.45) is 0 Å². The van der Waals surface area contributed by atoms with E-state index in [2.05, 4.69) is 35.2 Å². The zero-order chi connectivity index (χ0) is 10.3. The third-order valence-electron chi connectivity index (χ3n) is 1.93. The van der Waals surface area contributed by atoms with Crippen LogP contribution < -0.4 is 0 Å². The molecule has 2 aromatic rings. The van der Waals surface area contributed by atoms with Crippen LogP contribution in [0.1, 0.15) is 12.0 Å². The van der Waals surface area contributed by atoms with Crippen molar-refractivity contribution in [1.29, 1.82) is 0 Å². The molecule has 0 amide bonds. The number of alkyl halides is 2. The first-order valence-corrected chi connectivity index (χ1v) is 6.18. The molecule has 0 aliphatic carbocycles. The predicted octanol–water partition coefficient (Wildman–Crippen LogP) is 4.73. The third kappa shape index (κ3) is 1.65. The Morgan fingerprint density at radius 2 is 2.14 bits per heavy atom. The summed E-state index contributed by atoms with van der Waals surface area (Å²) in [5, 5.41) is 2.90. The lowest BCUT2D eigenvalue weighted by Crippen LogP contribution is -1.88. The van der Waals surface area contributed by atoms with Crippen LogP contribution >= 0.6 is 46.6 Å². The highest BCUT2D eigenvalue weighted by Crippen LogP contribution is 2.37. The summed E-state index contributed by atoms with van der Waals surface area (Å²) in [5.41, 5.74) is 0.0210. The van der Waals surface area contributed by atoms with Crippen molar-refractivity contribution < 1.29 is 8.78 Å². The largest absolute Gasteiger partial charge is 0.265 e. The van der Waals surface area contributed by atoms with Gasteiger partial charge in [-0.3, -0.25) is 0 Å². The summed E-state index contributed by atoms with van der Waals surface area (Å²) >= 11 is 7.66.